The average Bonchev–Trinajstić information content (AvgIpc) is 3.80. The van der Waals surface area contributed by atoms with E-state index >= 15 is 0 Å². The Labute approximate surface area is 323 Å². The van der Waals surface area contributed by atoms with Gasteiger partial charge in [0.2, 0.25) is 0 Å². The molecule has 0 spiro atoms. The zero-order valence-electron chi connectivity index (χ0n) is 29.9. The number of hydrogen-bond donors (Lipinski definition) is 0. The fraction of sp³-hybridized carbons (Fsp3) is 0. The lowest BCUT2D eigenvalue weighted by molar-refractivity contribution is 1.15. The Bertz CT molecular complexity index is 3170. The van der Waals surface area contributed by atoms with Gasteiger partial charge in [-0.15, -0.1) is 11.3 Å². The normalized spacial score (nSPS) is 11.6. The van der Waals surface area contributed by atoms with E-state index in [0.717, 1.165) is 28.3 Å². The summed E-state index contributed by atoms with van der Waals surface area (Å²) in [4.78, 5) is 2.54. The van der Waals surface area contributed by atoms with Crippen LogP contribution < -0.4 is 4.90 Å². The second-order valence-corrected chi connectivity index (χ2v) is 15.2. The fourth-order valence-electron chi connectivity index (χ4n) is 8.58. The molecule has 0 aliphatic heterocycles. The number of fused-ring (bicyclic) bond motifs is 7. The van der Waals surface area contributed by atoms with E-state index in [2.05, 4.69) is 216 Å². The second kappa shape index (κ2) is 12.9. The van der Waals surface area contributed by atoms with Gasteiger partial charge >= 0.3 is 0 Å². The third kappa shape index (κ3) is 5.09. The van der Waals surface area contributed by atoms with Crippen LogP contribution in [0.1, 0.15) is 0 Å². The summed E-state index contributed by atoms with van der Waals surface area (Å²) in [7, 11) is 0. The maximum Gasteiger partial charge on any atom is 0.0702 e. The number of nitrogens with zero attached hydrogens (tertiary/aromatic N) is 2. The number of benzene rings is 9. The SMILES string of the molecule is c1ccc(-c2ccc(-c3cccc4ccccc34)cc2N(c2ccccc2-n2c3ccccc3c3ccccc32)c2cccc3sc4ccccc4c23)cc1. The summed E-state index contributed by atoms with van der Waals surface area (Å²) in [6.07, 6.45) is 0. The first kappa shape index (κ1) is 31.6. The number of thiophene rings is 1. The van der Waals surface area contributed by atoms with Crippen LogP contribution in [0.25, 0.3) is 80.7 Å². The Morgan fingerprint density at radius 1 is 0.364 bits per heavy atom. The molecule has 0 amide bonds. The first-order valence-corrected chi connectivity index (χ1v) is 19.6. The maximum atomic E-state index is 2.54. The molecule has 0 N–H and O–H groups in total. The Kier molecular flexibility index (Phi) is 7.39. The number of aromatic nitrogens is 1. The van der Waals surface area contributed by atoms with Gasteiger partial charge in [0, 0.05) is 36.5 Å². The molecule has 0 unspecified atom stereocenters. The van der Waals surface area contributed by atoms with Crippen molar-refractivity contribution in [2.75, 3.05) is 4.90 Å². The molecule has 0 bridgehead atoms. The van der Waals surface area contributed by atoms with Crippen LogP contribution in [0.4, 0.5) is 17.1 Å². The van der Waals surface area contributed by atoms with Crippen LogP contribution in [0.5, 0.6) is 0 Å². The minimum absolute atomic E-state index is 1.10. The van der Waals surface area contributed by atoms with Gasteiger partial charge in [0.15, 0.2) is 0 Å². The van der Waals surface area contributed by atoms with Gasteiger partial charge in [0.05, 0.1) is 33.8 Å². The van der Waals surface area contributed by atoms with E-state index in [1.807, 2.05) is 11.3 Å². The number of para-hydroxylation sites is 4. The van der Waals surface area contributed by atoms with Gasteiger partial charge in [0.1, 0.15) is 0 Å². The van der Waals surface area contributed by atoms with Crippen LogP contribution in [0, 0.1) is 0 Å². The second-order valence-electron chi connectivity index (χ2n) is 14.1. The minimum atomic E-state index is 1.10. The van der Waals surface area contributed by atoms with Gasteiger partial charge in [-0.2, -0.15) is 0 Å². The van der Waals surface area contributed by atoms with E-state index in [4.69, 9.17) is 0 Å². The molecule has 11 rings (SSSR count). The molecule has 9 aromatic carbocycles. The van der Waals surface area contributed by atoms with Crippen LogP contribution in [-0.4, -0.2) is 4.57 Å². The molecule has 258 valence electrons. The summed E-state index contributed by atoms with van der Waals surface area (Å²) < 4.78 is 5.01. The summed E-state index contributed by atoms with van der Waals surface area (Å²) in [5.74, 6) is 0. The summed E-state index contributed by atoms with van der Waals surface area (Å²) in [6.45, 7) is 0. The van der Waals surface area contributed by atoms with E-state index in [0.29, 0.717) is 0 Å². The molecule has 2 aromatic heterocycles. The van der Waals surface area contributed by atoms with Crippen LogP contribution in [0.2, 0.25) is 0 Å². The van der Waals surface area contributed by atoms with Gasteiger partial charge in [-0.05, 0) is 76.0 Å². The van der Waals surface area contributed by atoms with Crippen molar-refractivity contribution in [1.82, 2.24) is 4.57 Å². The molecule has 0 radical (unpaired) electrons. The van der Waals surface area contributed by atoms with E-state index < -0.39 is 0 Å². The average molecular weight is 719 g/mol. The van der Waals surface area contributed by atoms with Crippen molar-refractivity contribution in [3.05, 3.63) is 206 Å². The highest BCUT2D eigenvalue weighted by Crippen LogP contribution is 2.50. The molecule has 0 saturated carbocycles. The molecule has 2 nitrogen and oxygen atoms in total. The lowest BCUT2D eigenvalue weighted by Gasteiger charge is -2.31. The Morgan fingerprint density at radius 3 is 1.78 bits per heavy atom. The third-order valence-electron chi connectivity index (χ3n) is 11.0. The molecule has 55 heavy (non-hydrogen) atoms. The van der Waals surface area contributed by atoms with Crippen molar-refractivity contribution in [3.8, 4) is 27.9 Å². The van der Waals surface area contributed by atoms with Gasteiger partial charge in [-0.3, -0.25) is 0 Å². The van der Waals surface area contributed by atoms with Crippen molar-refractivity contribution in [3.63, 3.8) is 0 Å². The highest BCUT2D eigenvalue weighted by Gasteiger charge is 2.26. The molecular weight excluding hydrogens is 685 g/mol. The monoisotopic (exact) mass is 718 g/mol. The lowest BCUT2D eigenvalue weighted by atomic mass is 9.94. The standard InChI is InChI=1S/C52H34N2S/c1-2-16-36(17-3-1)40-33-32-37(39-24-14-19-35-18-4-5-20-38(35)39)34-49(40)54(48-29-15-31-51-52(48)43-23-8-13-30-50(43)55-51)47-28-12-11-27-46(47)53-44-25-9-6-21-41(44)42-22-7-10-26-45(42)53/h1-34H. The smallest absolute Gasteiger partial charge is 0.0702 e. The fourth-order valence-corrected chi connectivity index (χ4v) is 9.71. The zero-order chi connectivity index (χ0) is 36.3. The number of rotatable bonds is 6. The predicted octanol–water partition coefficient (Wildman–Crippen LogP) is 15.1. The van der Waals surface area contributed by atoms with Crippen LogP contribution in [0.15, 0.2) is 206 Å². The van der Waals surface area contributed by atoms with E-state index in [-0.39, 0.29) is 0 Å². The van der Waals surface area contributed by atoms with Crippen LogP contribution in [-0.2, 0) is 0 Å². The van der Waals surface area contributed by atoms with Crippen molar-refractivity contribution in [1.29, 1.82) is 0 Å². The van der Waals surface area contributed by atoms with Crippen LogP contribution >= 0.6 is 11.3 Å². The van der Waals surface area contributed by atoms with Gasteiger partial charge in [-0.1, -0.05) is 158 Å². The topological polar surface area (TPSA) is 8.17 Å². The number of hydrogen-bond acceptors (Lipinski definition) is 2. The molecule has 2 heterocycles. The molecule has 0 fully saturated rings. The van der Waals surface area contributed by atoms with E-state index in [1.165, 1.54) is 69.4 Å². The molecule has 0 saturated heterocycles. The van der Waals surface area contributed by atoms with Crippen molar-refractivity contribution in [2.45, 2.75) is 0 Å². The van der Waals surface area contributed by atoms with Crippen molar-refractivity contribution in [2.24, 2.45) is 0 Å². The summed E-state index contributed by atoms with van der Waals surface area (Å²) >= 11 is 1.86. The highest BCUT2D eigenvalue weighted by atomic mass is 32.1. The van der Waals surface area contributed by atoms with E-state index in [9.17, 15) is 0 Å². The first-order chi connectivity index (χ1) is 27.3. The Hall–Kier alpha value is -6.94. The molecule has 0 aliphatic carbocycles. The number of anilines is 3. The minimum Gasteiger partial charge on any atom is -0.307 e. The maximum absolute atomic E-state index is 2.54. The largest absolute Gasteiger partial charge is 0.307 e. The first-order valence-electron chi connectivity index (χ1n) is 18.8. The molecule has 3 heteroatoms. The summed E-state index contributed by atoms with van der Waals surface area (Å²) in [5.41, 5.74) is 11.6. The predicted molar refractivity (Wildman–Crippen MR) is 237 cm³/mol. The Morgan fingerprint density at radius 2 is 0.964 bits per heavy atom. The van der Waals surface area contributed by atoms with Crippen molar-refractivity contribution < 1.29 is 0 Å². The highest BCUT2D eigenvalue weighted by molar-refractivity contribution is 7.26. The quantitative estimate of drug-likeness (QED) is 0.166. The van der Waals surface area contributed by atoms with Crippen molar-refractivity contribution >= 4 is 81.1 Å². The molecule has 0 aliphatic rings. The molecular formula is C52H34N2S. The van der Waals surface area contributed by atoms with Gasteiger partial charge in [0.25, 0.3) is 0 Å². The Balaban J connectivity index is 1.28. The summed E-state index contributed by atoms with van der Waals surface area (Å²) in [5, 5.41) is 7.49. The third-order valence-corrected chi connectivity index (χ3v) is 12.1. The molecule has 11 aromatic rings. The zero-order valence-corrected chi connectivity index (χ0v) is 30.7. The van der Waals surface area contributed by atoms with Crippen LogP contribution in [0.3, 0.4) is 0 Å². The summed E-state index contributed by atoms with van der Waals surface area (Å²) in [6, 6.07) is 75.4. The molecule has 0 atom stereocenters. The van der Waals surface area contributed by atoms with E-state index in [1.54, 1.807) is 0 Å². The lowest BCUT2D eigenvalue weighted by Crippen LogP contribution is -2.14. The van der Waals surface area contributed by atoms with Gasteiger partial charge < -0.3 is 9.47 Å². The van der Waals surface area contributed by atoms with Gasteiger partial charge in [-0.25, -0.2) is 0 Å².